The first-order valence-corrected chi connectivity index (χ1v) is 13.4. The molecule has 2 aliphatic heterocycles. The highest BCUT2D eigenvalue weighted by Crippen LogP contribution is 2.30. The summed E-state index contributed by atoms with van der Waals surface area (Å²) in [6, 6.07) is 12.6. The van der Waals surface area contributed by atoms with E-state index in [-0.39, 0.29) is 5.75 Å². The van der Waals surface area contributed by atoms with Crippen molar-refractivity contribution >= 4 is 15.7 Å². The number of pyridine rings is 1. The van der Waals surface area contributed by atoms with E-state index < -0.39 is 9.84 Å². The van der Waals surface area contributed by atoms with Crippen LogP contribution in [0.5, 0.6) is 0 Å². The molecule has 2 aliphatic rings. The highest BCUT2D eigenvalue weighted by molar-refractivity contribution is 7.91. The standard InChI is InChI=1S/C25H30N6O2S/c1-29-12-14-31(15-13-29)25-22-19-30(16-17-34(32,33)21-7-3-2-4-8-21)11-9-23(22)27-24(28-25)20-6-5-10-26-18-20/h2-8,10,18H,9,11-17,19H2,1H3. The van der Waals surface area contributed by atoms with Gasteiger partial charge in [-0.25, -0.2) is 18.4 Å². The molecule has 1 fully saturated rings. The molecule has 0 saturated carbocycles. The number of aromatic nitrogens is 3. The minimum atomic E-state index is -3.31. The van der Waals surface area contributed by atoms with E-state index in [1.165, 1.54) is 0 Å². The van der Waals surface area contributed by atoms with Crippen LogP contribution >= 0.6 is 0 Å². The van der Waals surface area contributed by atoms with E-state index in [9.17, 15) is 8.42 Å². The molecule has 0 bridgehead atoms. The Kier molecular flexibility index (Phi) is 6.58. The van der Waals surface area contributed by atoms with Gasteiger partial charge in [0, 0.05) is 75.8 Å². The molecule has 1 saturated heterocycles. The lowest BCUT2D eigenvalue weighted by Crippen LogP contribution is -2.46. The summed E-state index contributed by atoms with van der Waals surface area (Å²) in [6.07, 6.45) is 4.33. The third-order valence-corrected chi connectivity index (χ3v) is 8.33. The van der Waals surface area contributed by atoms with Crippen molar-refractivity contribution in [1.82, 2.24) is 24.8 Å². The van der Waals surface area contributed by atoms with Crippen LogP contribution in [-0.2, 0) is 22.8 Å². The van der Waals surface area contributed by atoms with Crippen molar-refractivity contribution in [3.8, 4) is 11.4 Å². The summed E-state index contributed by atoms with van der Waals surface area (Å²) in [5.41, 5.74) is 3.10. The fourth-order valence-corrected chi connectivity index (χ4v) is 5.85. The molecular formula is C25H30N6O2S. The number of sulfone groups is 1. The molecular weight excluding hydrogens is 448 g/mol. The first kappa shape index (κ1) is 22.9. The first-order chi connectivity index (χ1) is 16.5. The molecule has 2 aromatic heterocycles. The number of piperazine rings is 1. The Morgan fingerprint density at radius 2 is 1.74 bits per heavy atom. The smallest absolute Gasteiger partial charge is 0.179 e. The van der Waals surface area contributed by atoms with Crippen molar-refractivity contribution in [1.29, 1.82) is 0 Å². The van der Waals surface area contributed by atoms with Crippen LogP contribution < -0.4 is 4.90 Å². The van der Waals surface area contributed by atoms with Gasteiger partial charge in [-0.05, 0) is 31.3 Å². The lowest BCUT2D eigenvalue weighted by Gasteiger charge is -2.37. The second-order valence-electron chi connectivity index (χ2n) is 8.99. The van der Waals surface area contributed by atoms with Gasteiger partial charge in [-0.15, -0.1) is 0 Å². The largest absolute Gasteiger partial charge is 0.354 e. The van der Waals surface area contributed by atoms with Gasteiger partial charge in [0.25, 0.3) is 0 Å². The van der Waals surface area contributed by atoms with E-state index in [2.05, 4.69) is 26.7 Å². The number of hydrogen-bond acceptors (Lipinski definition) is 8. The first-order valence-electron chi connectivity index (χ1n) is 11.7. The second-order valence-corrected chi connectivity index (χ2v) is 11.1. The van der Waals surface area contributed by atoms with E-state index in [4.69, 9.17) is 9.97 Å². The lowest BCUT2D eigenvalue weighted by molar-refractivity contribution is 0.265. The molecule has 9 heteroatoms. The van der Waals surface area contributed by atoms with E-state index in [1.807, 2.05) is 18.2 Å². The molecule has 0 spiro atoms. The summed E-state index contributed by atoms with van der Waals surface area (Å²) in [7, 11) is -1.17. The Morgan fingerprint density at radius 1 is 0.941 bits per heavy atom. The average molecular weight is 479 g/mol. The van der Waals surface area contributed by atoms with Gasteiger partial charge in [-0.3, -0.25) is 9.88 Å². The molecule has 0 aliphatic carbocycles. The number of fused-ring (bicyclic) bond motifs is 1. The van der Waals surface area contributed by atoms with Crippen molar-refractivity contribution < 1.29 is 8.42 Å². The Labute approximate surface area is 201 Å². The average Bonchev–Trinajstić information content (AvgIpc) is 2.88. The summed E-state index contributed by atoms with van der Waals surface area (Å²) >= 11 is 0. The van der Waals surface area contributed by atoms with Gasteiger partial charge >= 0.3 is 0 Å². The quantitative estimate of drug-likeness (QED) is 0.533. The number of likely N-dealkylation sites (N-methyl/N-ethyl adjacent to an activating group) is 1. The molecule has 0 atom stereocenters. The maximum atomic E-state index is 12.8. The number of rotatable bonds is 6. The molecule has 4 heterocycles. The number of nitrogens with zero attached hydrogens (tertiary/aromatic N) is 6. The fourth-order valence-electron chi connectivity index (χ4n) is 4.54. The molecule has 0 radical (unpaired) electrons. The second kappa shape index (κ2) is 9.77. The van der Waals surface area contributed by atoms with Crippen molar-refractivity contribution in [2.75, 3.05) is 57.0 Å². The van der Waals surface area contributed by atoms with Crippen LogP contribution in [0.4, 0.5) is 5.82 Å². The van der Waals surface area contributed by atoms with Crippen LogP contribution in [0.25, 0.3) is 11.4 Å². The SMILES string of the molecule is CN1CCN(c2nc(-c3cccnc3)nc3c2CN(CCS(=O)(=O)c2ccccc2)CC3)CC1. The monoisotopic (exact) mass is 478 g/mol. The van der Waals surface area contributed by atoms with Gasteiger partial charge in [-0.1, -0.05) is 18.2 Å². The molecule has 178 valence electrons. The van der Waals surface area contributed by atoms with Gasteiger partial charge in [0.1, 0.15) is 5.82 Å². The van der Waals surface area contributed by atoms with Crippen LogP contribution in [0.1, 0.15) is 11.3 Å². The number of benzene rings is 1. The Bertz CT molecular complexity index is 1230. The molecule has 1 aromatic carbocycles. The molecule has 0 N–H and O–H groups in total. The zero-order valence-electron chi connectivity index (χ0n) is 19.5. The lowest BCUT2D eigenvalue weighted by atomic mass is 10.0. The molecule has 5 rings (SSSR count). The van der Waals surface area contributed by atoms with Crippen molar-refractivity contribution in [2.24, 2.45) is 0 Å². The van der Waals surface area contributed by atoms with Gasteiger partial charge in [0.2, 0.25) is 0 Å². The maximum absolute atomic E-state index is 12.8. The van der Waals surface area contributed by atoms with E-state index in [0.29, 0.717) is 23.8 Å². The van der Waals surface area contributed by atoms with E-state index in [1.54, 1.807) is 36.7 Å². The van der Waals surface area contributed by atoms with Gasteiger partial charge in [0.05, 0.1) is 16.3 Å². The van der Waals surface area contributed by atoms with Crippen LogP contribution in [-0.4, -0.2) is 85.2 Å². The highest BCUT2D eigenvalue weighted by Gasteiger charge is 2.28. The molecule has 0 amide bonds. The van der Waals surface area contributed by atoms with Gasteiger partial charge in [0.15, 0.2) is 15.7 Å². The molecule has 0 unspecified atom stereocenters. The summed E-state index contributed by atoms with van der Waals surface area (Å²) in [5, 5.41) is 0. The summed E-state index contributed by atoms with van der Waals surface area (Å²) < 4.78 is 25.6. The van der Waals surface area contributed by atoms with Crippen LogP contribution in [0.2, 0.25) is 0 Å². The van der Waals surface area contributed by atoms with Crippen LogP contribution in [0.3, 0.4) is 0 Å². The predicted molar refractivity (Wildman–Crippen MR) is 132 cm³/mol. The highest BCUT2D eigenvalue weighted by atomic mass is 32.2. The third-order valence-electron chi connectivity index (χ3n) is 6.62. The van der Waals surface area contributed by atoms with E-state index >= 15 is 0 Å². The third kappa shape index (κ3) is 4.96. The predicted octanol–water partition coefficient (Wildman–Crippen LogP) is 2.12. The normalized spacial score (nSPS) is 17.5. The van der Waals surface area contributed by atoms with Gasteiger partial charge in [-0.2, -0.15) is 0 Å². The summed E-state index contributed by atoms with van der Waals surface area (Å²) in [6.45, 7) is 5.73. The maximum Gasteiger partial charge on any atom is 0.179 e. The molecule has 34 heavy (non-hydrogen) atoms. The van der Waals surface area contributed by atoms with Crippen molar-refractivity contribution in [3.05, 3.63) is 66.1 Å². The van der Waals surface area contributed by atoms with Crippen LogP contribution in [0.15, 0.2) is 59.8 Å². The summed E-state index contributed by atoms with van der Waals surface area (Å²) in [4.78, 5) is 21.4. The Hall–Kier alpha value is -2.88. The summed E-state index contributed by atoms with van der Waals surface area (Å²) in [5.74, 6) is 1.79. The number of anilines is 1. The Morgan fingerprint density at radius 3 is 2.47 bits per heavy atom. The zero-order chi connectivity index (χ0) is 23.5. The Balaban J connectivity index is 1.40. The topological polar surface area (TPSA) is 82.5 Å². The molecule has 8 nitrogen and oxygen atoms in total. The fraction of sp³-hybridized carbons (Fsp3) is 0.400. The van der Waals surface area contributed by atoms with Crippen molar-refractivity contribution in [2.45, 2.75) is 17.9 Å². The number of hydrogen-bond donors (Lipinski definition) is 0. The minimum Gasteiger partial charge on any atom is -0.354 e. The molecule has 3 aromatic rings. The van der Waals surface area contributed by atoms with Crippen molar-refractivity contribution in [3.63, 3.8) is 0 Å². The zero-order valence-corrected chi connectivity index (χ0v) is 20.3. The van der Waals surface area contributed by atoms with Crippen LogP contribution in [0, 0.1) is 0 Å². The minimum absolute atomic E-state index is 0.102. The van der Waals surface area contributed by atoms with E-state index in [0.717, 1.165) is 61.8 Å². The van der Waals surface area contributed by atoms with Gasteiger partial charge < -0.3 is 9.80 Å².